The smallest absolute Gasteiger partial charge is 0.328 e. The van der Waals surface area contributed by atoms with Gasteiger partial charge in [-0.1, -0.05) is 28.0 Å². The average Bonchev–Trinajstić information content (AvgIpc) is 3.14. The maximum absolute atomic E-state index is 12.7. The first-order chi connectivity index (χ1) is 14.4. The number of aliphatic hydroxyl groups excluding tert-OH is 1. The van der Waals surface area contributed by atoms with Crippen LogP contribution in [0.3, 0.4) is 0 Å². The van der Waals surface area contributed by atoms with Gasteiger partial charge in [0.2, 0.25) is 10.7 Å². The highest BCUT2D eigenvalue weighted by atomic mass is 35.5. The van der Waals surface area contributed by atoms with Crippen LogP contribution in [-0.4, -0.2) is 61.5 Å². The highest BCUT2D eigenvalue weighted by Crippen LogP contribution is 2.21. The summed E-state index contributed by atoms with van der Waals surface area (Å²) in [6.07, 6.45) is 0. The van der Waals surface area contributed by atoms with E-state index in [1.165, 1.54) is 9.58 Å². The zero-order valence-electron chi connectivity index (χ0n) is 15.4. The molecule has 0 saturated heterocycles. The Kier molecular flexibility index (Phi) is 6.77. The molecule has 30 heavy (non-hydrogen) atoms. The van der Waals surface area contributed by atoms with E-state index < -0.39 is 24.5 Å². The van der Waals surface area contributed by atoms with Crippen molar-refractivity contribution in [1.82, 2.24) is 20.2 Å². The summed E-state index contributed by atoms with van der Waals surface area (Å²) in [6.45, 7) is -0.986. The molecule has 0 bridgehead atoms. The summed E-state index contributed by atoms with van der Waals surface area (Å²) in [4.78, 5) is 25.5. The lowest BCUT2D eigenvalue weighted by atomic mass is 10.2. The molecule has 1 amide bonds. The van der Waals surface area contributed by atoms with Gasteiger partial charge in [-0.05, 0) is 54.7 Å². The number of amides is 1. The largest absolute Gasteiger partial charge is 0.480 e. The van der Waals surface area contributed by atoms with Crippen molar-refractivity contribution < 1.29 is 19.8 Å². The fourth-order valence-corrected chi connectivity index (χ4v) is 3.08. The predicted octanol–water partition coefficient (Wildman–Crippen LogP) is 1.87. The van der Waals surface area contributed by atoms with Gasteiger partial charge < -0.3 is 20.4 Å². The van der Waals surface area contributed by atoms with Crippen molar-refractivity contribution in [1.29, 1.82) is 0 Å². The summed E-state index contributed by atoms with van der Waals surface area (Å²) < 4.78 is 1.68. The number of carboxylic acid groups (broad SMARTS) is 1. The molecule has 1 atom stereocenters. The van der Waals surface area contributed by atoms with E-state index in [2.05, 4.69) is 20.8 Å². The number of tetrazole rings is 1. The lowest BCUT2D eigenvalue weighted by Crippen LogP contribution is -2.47. The van der Waals surface area contributed by atoms with Crippen molar-refractivity contribution in [2.75, 3.05) is 23.4 Å². The van der Waals surface area contributed by atoms with Crippen LogP contribution in [0.5, 0.6) is 0 Å². The Morgan fingerprint density at radius 2 is 2.00 bits per heavy atom. The molecular formula is C18H17ClN6O4S. The van der Waals surface area contributed by atoms with Gasteiger partial charge in [-0.2, -0.15) is 5.21 Å². The number of benzene rings is 2. The maximum atomic E-state index is 12.7. The molecule has 0 spiro atoms. The van der Waals surface area contributed by atoms with Crippen molar-refractivity contribution >= 4 is 47.1 Å². The van der Waals surface area contributed by atoms with Gasteiger partial charge in [0.05, 0.1) is 18.8 Å². The molecule has 1 unspecified atom stereocenters. The Labute approximate surface area is 180 Å². The summed E-state index contributed by atoms with van der Waals surface area (Å²) in [6, 6.07) is 11.8. The van der Waals surface area contributed by atoms with Crippen LogP contribution >= 0.6 is 23.8 Å². The standard InChI is InChI=1S/C18H17ClN6O4S/c19-11-4-6-13(7-5-11)24(15(10-26)17(28)29)9-16(27)20-12-2-1-3-14(8-12)25-18(30)21-22-23-25/h1-8,15,26H,9-10H2,(H,20,27)(H,28,29)(H,21,23,30). The molecule has 156 valence electrons. The number of aromatic nitrogens is 4. The number of nitrogens with one attached hydrogen (secondary N) is 2. The fraction of sp³-hybridized carbons (Fsp3) is 0.167. The van der Waals surface area contributed by atoms with Crippen molar-refractivity contribution in [3.8, 4) is 5.69 Å². The fourth-order valence-electron chi connectivity index (χ4n) is 2.77. The van der Waals surface area contributed by atoms with Crippen LogP contribution in [-0.2, 0) is 9.59 Å². The molecule has 3 rings (SSSR count). The molecule has 0 aliphatic rings. The second kappa shape index (κ2) is 9.48. The molecule has 4 N–H and O–H groups in total. The van der Waals surface area contributed by atoms with Gasteiger partial charge >= 0.3 is 5.97 Å². The number of carbonyl (C=O) groups is 2. The number of aromatic amines is 1. The van der Waals surface area contributed by atoms with Crippen molar-refractivity contribution in [3.63, 3.8) is 0 Å². The molecule has 0 fully saturated rings. The highest BCUT2D eigenvalue weighted by molar-refractivity contribution is 7.71. The molecule has 2 aromatic carbocycles. The normalized spacial score (nSPS) is 11.7. The topological polar surface area (TPSA) is 136 Å². The van der Waals surface area contributed by atoms with Crippen LogP contribution in [0.1, 0.15) is 0 Å². The van der Waals surface area contributed by atoms with Crippen LogP contribution < -0.4 is 10.2 Å². The van der Waals surface area contributed by atoms with E-state index >= 15 is 0 Å². The Morgan fingerprint density at radius 3 is 2.60 bits per heavy atom. The molecule has 12 heteroatoms. The lowest BCUT2D eigenvalue weighted by Gasteiger charge is -2.29. The quantitative estimate of drug-likeness (QED) is 0.383. The van der Waals surface area contributed by atoms with Crippen molar-refractivity contribution in [2.45, 2.75) is 6.04 Å². The monoisotopic (exact) mass is 448 g/mol. The molecular weight excluding hydrogens is 432 g/mol. The highest BCUT2D eigenvalue weighted by Gasteiger charge is 2.27. The van der Waals surface area contributed by atoms with Gasteiger partial charge in [0.25, 0.3) is 0 Å². The minimum atomic E-state index is -1.31. The minimum absolute atomic E-state index is 0.222. The van der Waals surface area contributed by atoms with Crippen LogP contribution in [0.2, 0.25) is 5.02 Å². The minimum Gasteiger partial charge on any atom is -0.480 e. The van der Waals surface area contributed by atoms with E-state index in [0.717, 1.165) is 0 Å². The molecule has 1 aromatic heterocycles. The van der Waals surface area contributed by atoms with Crippen LogP contribution in [0.15, 0.2) is 48.5 Å². The molecule has 10 nitrogen and oxygen atoms in total. The molecule has 3 aromatic rings. The maximum Gasteiger partial charge on any atom is 0.328 e. The number of carboxylic acids is 1. The number of carbonyl (C=O) groups excluding carboxylic acids is 1. The van der Waals surface area contributed by atoms with E-state index in [1.54, 1.807) is 48.5 Å². The third-order valence-corrected chi connectivity index (χ3v) is 4.68. The Hall–Kier alpha value is -3.28. The number of rotatable bonds is 8. The van der Waals surface area contributed by atoms with E-state index in [9.17, 15) is 19.8 Å². The Morgan fingerprint density at radius 1 is 1.27 bits per heavy atom. The third kappa shape index (κ3) is 5.00. The second-order valence-electron chi connectivity index (χ2n) is 6.16. The second-order valence-corrected chi connectivity index (χ2v) is 6.96. The van der Waals surface area contributed by atoms with Crippen LogP contribution in [0.4, 0.5) is 11.4 Å². The number of nitrogens with zero attached hydrogens (tertiary/aromatic N) is 4. The van der Waals surface area contributed by atoms with E-state index in [4.69, 9.17) is 23.8 Å². The number of halogens is 1. The molecule has 1 heterocycles. The SMILES string of the molecule is O=C(CN(c1ccc(Cl)cc1)C(CO)C(=O)O)Nc1cccc(-n2[nH]nnc2=S)c1. The van der Waals surface area contributed by atoms with Gasteiger partial charge in [0, 0.05) is 16.4 Å². The molecule has 0 aliphatic carbocycles. The summed E-state index contributed by atoms with van der Waals surface area (Å²) >= 11 is 10.9. The van der Waals surface area contributed by atoms with Crippen LogP contribution in [0, 0.1) is 4.77 Å². The van der Waals surface area contributed by atoms with Gasteiger partial charge in [-0.25, -0.2) is 9.48 Å². The first-order valence-electron chi connectivity index (χ1n) is 8.65. The van der Waals surface area contributed by atoms with Gasteiger partial charge in [-0.3, -0.25) is 4.79 Å². The van der Waals surface area contributed by atoms with Gasteiger partial charge in [-0.15, -0.1) is 0 Å². The van der Waals surface area contributed by atoms with Gasteiger partial charge in [0.15, 0.2) is 6.04 Å². The van der Waals surface area contributed by atoms with Crippen molar-refractivity contribution in [3.05, 3.63) is 58.3 Å². The first kappa shape index (κ1) is 21.4. The summed E-state index contributed by atoms with van der Waals surface area (Å²) in [5.74, 6) is -1.74. The van der Waals surface area contributed by atoms with E-state index in [1.807, 2.05) is 0 Å². The van der Waals surface area contributed by atoms with E-state index in [0.29, 0.717) is 22.1 Å². The number of H-pyrrole nitrogens is 1. The average molecular weight is 449 g/mol. The summed E-state index contributed by atoms with van der Waals surface area (Å²) in [7, 11) is 0. The Bertz CT molecular complexity index is 1100. The summed E-state index contributed by atoms with van der Waals surface area (Å²) in [5.41, 5.74) is 1.50. The number of hydrogen-bond donors (Lipinski definition) is 4. The zero-order chi connectivity index (χ0) is 21.7. The van der Waals surface area contributed by atoms with Crippen LogP contribution in [0.25, 0.3) is 5.69 Å². The zero-order valence-corrected chi connectivity index (χ0v) is 17.0. The molecule has 0 saturated carbocycles. The molecule has 0 radical (unpaired) electrons. The molecule has 0 aliphatic heterocycles. The lowest BCUT2D eigenvalue weighted by molar-refractivity contribution is -0.139. The first-order valence-corrected chi connectivity index (χ1v) is 9.44. The number of aliphatic carboxylic acids is 1. The third-order valence-electron chi connectivity index (χ3n) is 4.17. The van der Waals surface area contributed by atoms with Gasteiger partial charge in [0.1, 0.15) is 0 Å². The van der Waals surface area contributed by atoms with Crippen molar-refractivity contribution in [2.24, 2.45) is 0 Å². The number of hydrogen-bond acceptors (Lipinski definition) is 7. The summed E-state index contributed by atoms with van der Waals surface area (Å²) in [5, 5.41) is 32.1. The predicted molar refractivity (Wildman–Crippen MR) is 112 cm³/mol. The van der Waals surface area contributed by atoms with E-state index in [-0.39, 0.29) is 11.3 Å². The Balaban J connectivity index is 1.81. The number of anilines is 2. The number of aliphatic hydroxyl groups is 1.